The Hall–Kier alpha value is -2.90. The van der Waals surface area contributed by atoms with Crippen LogP contribution >= 0.6 is 11.6 Å². The van der Waals surface area contributed by atoms with E-state index in [0.717, 1.165) is 24.0 Å². The standard InChI is InChI=1S/C20H20ClN3O4/c21-16-10-8-14(9-11-16)19-22-20(28-24-19)15-5-4-6-17(13-15)27-12-3-1-2-7-18(25)23-26/h4-6,8-11,13,26H,1-3,7,12H2,(H,23,25). The van der Waals surface area contributed by atoms with Crippen molar-refractivity contribution in [3.8, 4) is 28.6 Å². The highest BCUT2D eigenvalue weighted by atomic mass is 35.5. The second-order valence-corrected chi connectivity index (χ2v) is 6.59. The first kappa shape index (κ1) is 19.9. The van der Waals surface area contributed by atoms with Crippen LogP contribution in [0, 0.1) is 0 Å². The normalized spacial score (nSPS) is 10.6. The lowest BCUT2D eigenvalue weighted by Crippen LogP contribution is -2.17. The summed E-state index contributed by atoms with van der Waals surface area (Å²) in [7, 11) is 0. The number of hydroxylamine groups is 1. The van der Waals surface area contributed by atoms with Crippen molar-refractivity contribution in [2.75, 3.05) is 6.61 Å². The highest BCUT2D eigenvalue weighted by Gasteiger charge is 2.11. The van der Waals surface area contributed by atoms with Crippen LogP contribution in [0.2, 0.25) is 5.02 Å². The molecule has 0 saturated carbocycles. The van der Waals surface area contributed by atoms with Crippen LogP contribution < -0.4 is 10.2 Å². The van der Waals surface area contributed by atoms with Crippen LogP contribution in [0.4, 0.5) is 0 Å². The molecule has 3 aromatic rings. The van der Waals surface area contributed by atoms with Gasteiger partial charge in [0.15, 0.2) is 0 Å². The summed E-state index contributed by atoms with van der Waals surface area (Å²) in [5.74, 6) is 1.23. The molecule has 0 fully saturated rings. The molecule has 0 aliphatic rings. The predicted octanol–water partition coefficient (Wildman–Crippen LogP) is 4.50. The van der Waals surface area contributed by atoms with Gasteiger partial charge in [-0.2, -0.15) is 4.98 Å². The van der Waals surface area contributed by atoms with Crippen molar-refractivity contribution in [1.29, 1.82) is 0 Å². The number of nitrogens with one attached hydrogen (secondary N) is 1. The first-order valence-electron chi connectivity index (χ1n) is 8.91. The second-order valence-electron chi connectivity index (χ2n) is 6.15. The van der Waals surface area contributed by atoms with Gasteiger partial charge in [0.25, 0.3) is 5.89 Å². The number of hydrogen-bond acceptors (Lipinski definition) is 6. The van der Waals surface area contributed by atoms with Crippen molar-refractivity contribution in [3.05, 3.63) is 53.6 Å². The fourth-order valence-electron chi connectivity index (χ4n) is 2.59. The molecule has 1 heterocycles. The maximum Gasteiger partial charge on any atom is 0.258 e. The van der Waals surface area contributed by atoms with Gasteiger partial charge in [-0.05, 0) is 61.7 Å². The summed E-state index contributed by atoms with van der Waals surface area (Å²) in [6.45, 7) is 0.532. The zero-order valence-corrected chi connectivity index (χ0v) is 15.9. The molecule has 7 nitrogen and oxygen atoms in total. The van der Waals surface area contributed by atoms with Crippen molar-refractivity contribution in [2.45, 2.75) is 25.7 Å². The molecule has 2 aromatic carbocycles. The first-order chi connectivity index (χ1) is 13.7. The Morgan fingerprint density at radius 3 is 2.71 bits per heavy atom. The predicted molar refractivity (Wildman–Crippen MR) is 104 cm³/mol. The lowest BCUT2D eigenvalue weighted by molar-refractivity contribution is -0.129. The maximum atomic E-state index is 10.9. The average Bonchev–Trinajstić information content (AvgIpc) is 3.21. The van der Waals surface area contributed by atoms with E-state index in [9.17, 15) is 4.79 Å². The minimum Gasteiger partial charge on any atom is -0.494 e. The summed E-state index contributed by atoms with van der Waals surface area (Å²) in [5.41, 5.74) is 3.21. The Morgan fingerprint density at radius 2 is 1.93 bits per heavy atom. The molecule has 0 bridgehead atoms. The number of nitrogens with zero attached hydrogens (tertiary/aromatic N) is 2. The number of unbranched alkanes of at least 4 members (excludes halogenated alkanes) is 2. The van der Waals surface area contributed by atoms with Gasteiger partial charge >= 0.3 is 0 Å². The van der Waals surface area contributed by atoms with Gasteiger partial charge in [0.2, 0.25) is 11.7 Å². The van der Waals surface area contributed by atoms with Gasteiger partial charge in [0.05, 0.1) is 6.61 Å². The van der Waals surface area contributed by atoms with Crippen LogP contribution in [0.1, 0.15) is 25.7 Å². The zero-order chi connectivity index (χ0) is 19.8. The number of aromatic nitrogens is 2. The average molecular weight is 402 g/mol. The summed E-state index contributed by atoms with van der Waals surface area (Å²) in [6.07, 6.45) is 2.65. The summed E-state index contributed by atoms with van der Waals surface area (Å²) in [5, 5.41) is 13.1. The van der Waals surface area contributed by atoms with Crippen LogP contribution in [0.5, 0.6) is 5.75 Å². The number of amides is 1. The summed E-state index contributed by atoms with van der Waals surface area (Å²) in [4.78, 5) is 15.4. The molecular formula is C20H20ClN3O4. The van der Waals surface area contributed by atoms with Gasteiger partial charge in [-0.25, -0.2) is 5.48 Å². The third kappa shape index (κ3) is 5.55. The number of halogens is 1. The van der Waals surface area contributed by atoms with Crippen LogP contribution in [-0.2, 0) is 4.79 Å². The van der Waals surface area contributed by atoms with Crippen molar-refractivity contribution in [1.82, 2.24) is 15.6 Å². The summed E-state index contributed by atoms with van der Waals surface area (Å²) in [6, 6.07) is 14.7. The molecule has 0 spiro atoms. The Labute approximate surface area is 167 Å². The lowest BCUT2D eigenvalue weighted by Gasteiger charge is -2.06. The minimum atomic E-state index is -0.369. The molecule has 1 amide bonds. The molecule has 0 unspecified atom stereocenters. The zero-order valence-electron chi connectivity index (χ0n) is 15.1. The molecule has 2 N–H and O–H groups in total. The molecule has 0 radical (unpaired) electrons. The summed E-state index contributed by atoms with van der Waals surface area (Å²) >= 11 is 5.90. The molecule has 0 aliphatic heterocycles. The van der Waals surface area contributed by atoms with Gasteiger partial charge in [-0.1, -0.05) is 22.8 Å². The fourth-order valence-corrected chi connectivity index (χ4v) is 2.71. The van der Waals surface area contributed by atoms with E-state index < -0.39 is 0 Å². The lowest BCUT2D eigenvalue weighted by atomic mass is 10.2. The highest BCUT2D eigenvalue weighted by molar-refractivity contribution is 6.30. The van der Waals surface area contributed by atoms with Crippen LogP contribution in [-0.4, -0.2) is 27.9 Å². The molecule has 8 heteroatoms. The van der Waals surface area contributed by atoms with Crippen LogP contribution in [0.25, 0.3) is 22.8 Å². The molecule has 0 aliphatic carbocycles. The smallest absolute Gasteiger partial charge is 0.258 e. The maximum absolute atomic E-state index is 10.9. The van der Waals surface area contributed by atoms with E-state index >= 15 is 0 Å². The number of benzene rings is 2. The third-order valence-electron chi connectivity index (χ3n) is 4.05. The number of ether oxygens (including phenoxy) is 1. The van der Waals surface area contributed by atoms with Crippen LogP contribution in [0.15, 0.2) is 53.1 Å². The number of hydrogen-bond donors (Lipinski definition) is 2. The van der Waals surface area contributed by atoms with Gasteiger partial charge < -0.3 is 9.26 Å². The monoisotopic (exact) mass is 401 g/mol. The highest BCUT2D eigenvalue weighted by Crippen LogP contribution is 2.26. The van der Waals surface area contributed by atoms with E-state index in [1.807, 2.05) is 36.4 Å². The number of rotatable bonds is 9. The Balaban J connectivity index is 1.55. The van der Waals surface area contributed by atoms with E-state index in [1.54, 1.807) is 17.6 Å². The molecule has 146 valence electrons. The molecule has 3 rings (SSSR count). The fraction of sp³-hybridized carbons (Fsp3) is 0.250. The number of carbonyl (C=O) groups is 1. The van der Waals surface area contributed by atoms with Gasteiger partial charge in [-0.3, -0.25) is 10.0 Å². The SMILES string of the molecule is O=C(CCCCCOc1cccc(-c2nc(-c3ccc(Cl)cc3)no2)c1)NO. The molecule has 0 saturated heterocycles. The molecule has 0 atom stereocenters. The molecular weight excluding hydrogens is 382 g/mol. The summed E-state index contributed by atoms with van der Waals surface area (Å²) < 4.78 is 11.1. The van der Waals surface area contributed by atoms with Crippen molar-refractivity contribution >= 4 is 17.5 Å². The van der Waals surface area contributed by atoms with E-state index in [2.05, 4.69) is 10.1 Å². The van der Waals surface area contributed by atoms with E-state index in [4.69, 9.17) is 26.1 Å². The Kier molecular flexibility index (Phi) is 7.00. The first-order valence-corrected chi connectivity index (χ1v) is 9.29. The molecule has 1 aromatic heterocycles. The minimum absolute atomic E-state index is 0.305. The van der Waals surface area contributed by atoms with Crippen molar-refractivity contribution in [2.24, 2.45) is 0 Å². The topological polar surface area (TPSA) is 97.5 Å². The van der Waals surface area contributed by atoms with Gasteiger partial charge in [-0.15, -0.1) is 0 Å². The third-order valence-corrected chi connectivity index (χ3v) is 4.30. The van der Waals surface area contributed by atoms with Crippen LogP contribution in [0.3, 0.4) is 0 Å². The van der Waals surface area contributed by atoms with Gasteiger partial charge in [0.1, 0.15) is 5.75 Å². The van der Waals surface area contributed by atoms with E-state index in [-0.39, 0.29) is 5.91 Å². The van der Waals surface area contributed by atoms with E-state index in [0.29, 0.717) is 41.9 Å². The second kappa shape index (κ2) is 9.87. The number of carbonyl (C=O) groups excluding carboxylic acids is 1. The largest absolute Gasteiger partial charge is 0.494 e. The van der Waals surface area contributed by atoms with Crippen molar-refractivity contribution in [3.63, 3.8) is 0 Å². The molecule has 28 heavy (non-hydrogen) atoms. The Morgan fingerprint density at radius 1 is 1.11 bits per heavy atom. The quantitative estimate of drug-likeness (QED) is 0.311. The van der Waals surface area contributed by atoms with Gasteiger partial charge in [0, 0.05) is 22.6 Å². The van der Waals surface area contributed by atoms with Crippen molar-refractivity contribution < 1.29 is 19.3 Å². The van der Waals surface area contributed by atoms with E-state index in [1.165, 1.54) is 0 Å². The Bertz CT molecular complexity index is 912.